The molecule has 0 N–H and O–H groups in total. The average Bonchev–Trinajstić information content (AvgIpc) is 2.64. The quantitative estimate of drug-likeness (QED) is 0.579. The zero-order valence-electron chi connectivity index (χ0n) is 15.3. The Hall–Kier alpha value is -3.82. The summed E-state index contributed by atoms with van der Waals surface area (Å²) >= 11 is 0. The van der Waals surface area contributed by atoms with Gasteiger partial charge in [-0.3, -0.25) is 25.0 Å². The van der Waals surface area contributed by atoms with Crippen molar-refractivity contribution in [2.24, 2.45) is 0 Å². The number of benzene rings is 2. The van der Waals surface area contributed by atoms with Crippen LogP contribution in [0.15, 0.2) is 48.5 Å². The van der Waals surface area contributed by atoms with Crippen molar-refractivity contribution >= 4 is 23.3 Å². The highest BCUT2D eigenvalue weighted by Gasteiger charge is 2.33. The van der Waals surface area contributed by atoms with Crippen LogP contribution in [0.3, 0.4) is 0 Å². The topological polar surface area (TPSA) is 133 Å². The number of nitro groups is 2. The summed E-state index contributed by atoms with van der Waals surface area (Å²) in [5.41, 5.74) is -2.44. The zero-order valence-corrected chi connectivity index (χ0v) is 15.3. The molecule has 146 valence electrons. The number of hydrogen-bond donors (Lipinski definition) is 0. The largest absolute Gasteiger partial charge is 0.363 e. The smallest absolute Gasteiger partial charge is 0.332 e. The van der Waals surface area contributed by atoms with Gasteiger partial charge < -0.3 is 4.84 Å². The Morgan fingerprint density at radius 2 is 1.39 bits per heavy atom. The van der Waals surface area contributed by atoms with Crippen molar-refractivity contribution in [2.75, 3.05) is 0 Å². The number of amides is 1. The van der Waals surface area contributed by atoms with Crippen molar-refractivity contribution in [3.05, 3.63) is 79.9 Å². The highest BCUT2D eigenvalue weighted by atomic mass is 16.7. The van der Waals surface area contributed by atoms with Crippen LogP contribution < -0.4 is 0 Å². The number of nitro benzene ring substituents is 2. The molecule has 2 aromatic carbocycles. The number of rotatable bonds is 4. The van der Waals surface area contributed by atoms with E-state index in [1.807, 2.05) is 0 Å². The van der Waals surface area contributed by atoms with Crippen molar-refractivity contribution < 1.29 is 24.3 Å². The number of carbonyl (C=O) groups excluding carboxylic acids is 2. The second kappa shape index (κ2) is 7.82. The lowest BCUT2D eigenvalue weighted by atomic mass is 10.1. The van der Waals surface area contributed by atoms with Gasteiger partial charge in [-0.2, -0.15) is 5.06 Å². The van der Waals surface area contributed by atoms with E-state index in [9.17, 15) is 29.8 Å². The first-order valence-corrected chi connectivity index (χ1v) is 8.06. The molecule has 0 saturated heterocycles. The molecule has 0 aliphatic carbocycles. The van der Waals surface area contributed by atoms with Crippen LogP contribution in [0.2, 0.25) is 0 Å². The standard InChI is InChI=1S/C18H17N3O7/c1-18(2,3)19(28-17(23)12-7-5-4-6-8-12)16(22)13-9-14(20(24)25)11-15(10-13)21(26)27/h4-11H,1-3H3. The number of hydrogen-bond acceptors (Lipinski definition) is 7. The van der Waals surface area contributed by atoms with Gasteiger partial charge in [0, 0.05) is 12.1 Å². The van der Waals surface area contributed by atoms with Crippen molar-refractivity contribution in [1.29, 1.82) is 0 Å². The molecule has 0 unspecified atom stereocenters. The third kappa shape index (κ3) is 4.67. The molecule has 0 radical (unpaired) electrons. The molecule has 0 saturated carbocycles. The number of hydroxylamine groups is 2. The van der Waals surface area contributed by atoms with Crippen LogP contribution in [0.25, 0.3) is 0 Å². The summed E-state index contributed by atoms with van der Waals surface area (Å²) in [5.74, 6) is -1.74. The summed E-state index contributed by atoms with van der Waals surface area (Å²) < 4.78 is 0. The van der Waals surface area contributed by atoms with Crippen LogP contribution in [-0.4, -0.2) is 32.3 Å². The maximum absolute atomic E-state index is 12.9. The molecule has 10 heteroatoms. The zero-order chi connectivity index (χ0) is 21.1. The normalized spacial score (nSPS) is 10.8. The number of non-ortho nitro benzene ring substituents is 2. The summed E-state index contributed by atoms with van der Waals surface area (Å²) in [5, 5.41) is 22.8. The van der Waals surface area contributed by atoms with Gasteiger partial charge in [0.2, 0.25) is 0 Å². The van der Waals surface area contributed by atoms with Gasteiger partial charge in [-0.1, -0.05) is 18.2 Å². The van der Waals surface area contributed by atoms with E-state index in [1.165, 1.54) is 12.1 Å². The Morgan fingerprint density at radius 1 is 0.893 bits per heavy atom. The first-order chi connectivity index (χ1) is 13.0. The van der Waals surface area contributed by atoms with Crippen LogP contribution in [0.5, 0.6) is 0 Å². The van der Waals surface area contributed by atoms with Gasteiger partial charge >= 0.3 is 5.97 Å². The van der Waals surface area contributed by atoms with Crippen LogP contribution in [-0.2, 0) is 4.84 Å². The van der Waals surface area contributed by atoms with E-state index in [0.717, 1.165) is 23.3 Å². The fourth-order valence-electron chi connectivity index (χ4n) is 2.24. The maximum atomic E-state index is 12.9. The Morgan fingerprint density at radius 3 is 1.82 bits per heavy atom. The molecular weight excluding hydrogens is 370 g/mol. The Balaban J connectivity index is 2.45. The SMILES string of the molecule is CC(C)(C)N(OC(=O)c1ccccc1)C(=O)c1cc([N+](=O)[O-])cc([N+](=O)[O-])c1. The monoisotopic (exact) mass is 387 g/mol. The number of nitrogens with zero attached hydrogens (tertiary/aromatic N) is 3. The molecule has 28 heavy (non-hydrogen) atoms. The highest BCUT2D eigenvalue weighted by molar-refractivity contribution is 5.97. The molecule has 0 aliphatic heterocycles. The van der Waals surface area contributed by atoms with Crippen molar-refractivity contribution in [3.63, 3.8) is 0 Å². The van der Waals surface area contributed by atoms with Crippen molar-refractivity contribution in [1.82, 2.24) is 5.06 Å². The predicted molar refractivity (Wildman–Crippen MR) is 97.5 cm³/mol. The van der Waals surface area contributed by atoms with Gasteiger partial charge in [0.1, 0.15) is 0 Å². The van der Waals surface area contributed by atoms with E-state index >= 15 is 0 Å². The molecule has 10 nitrogen and oxygen atoms in total. The van der Waals surface area contributed by atoms with E-state index in [1.54, 1.807) is 39.0 Å². The van der Waals surface area contributed by atoms with E-state index < -0.39 is 38.6 Å². The molecule has 0 aliphatic rings. The third-order valence-electron chi connectivity index (χ3n) is 3.55. The second-order valence-electron chi connectivity index (χ2n) is 6.77. The molecule has 0 bridgehead atoms. The second-order valence-corrected chi connectivity index (χ2v) is 6.77. The summed E-state index contributed by atoms with van der Waals surface area (Å²) in [6.45, 7) is 4.73. The van der Waals surface area contributed by atoms with Gasteiger partial charge in [-0.25, -0.2) is 4.79 Å². The molecular formula is C18H17N3O7. The maximum Gasteiger partial charge on any atom is 0.363 e. The number of carbonyl (C=O) groups is 2. The van der Waals surface area contributed by atoms with Gasteiger partial charge in [-0.05, 0) is 32.9 Å². The minimum Gasteiger partial charge on any atom is -0.332 e. The van der Waals surface area contributed by atoms with Crippen LogP contribution in [0, 0.1) is 20.2 Å². The van der Waals surface area contributed by atoms with Crippen LogP contribution in [0.1, 0.15) is 41.5 Å². The van der Waals surface area contributed by atoms with E-state index in [2.05, 4.69) is 0 Å². The summed E-state index contributed by atoms with van der Waals surface area (Å²) in [7, 11) is 0. The molecule has 0 spiro atoms. The molecule has 0 heterocycles. The molecule has 0 atom stereocenters. The molecule has 0 fully saturated rings. The Bertz CT molecular complexity index is 904. The van der Waals surface area contributed by atoms with Gasteiger partial charge in [0.15, 0.2) is 0 Å². The highest BCUT2D eigenvalue weighted by Crippen LogP contribution is 2.26. The minimum absolute atomic E-state index is 0.189. The lowest BCUT2D eigenvalue weighted by Gasteiger charge is -2.33. The fraction of sp³-hybridized carbons (Fsp3) is 0.222. The van der Waals surface area contributed by atoms with Crippen LogP contribution in [0.4, 0.5) is 11.4 Å². The predicted octanol–water partition coefficient (Wildman–Crippen LogP) is 3.52. The lowest BCUT2D eigenvalue weighted by Crippen LogP contribution is -2.46. The van der Waals surface area contributed by atoms with Crippen LogP contribution >= 0.6 is 0 Å². The summed E-state index contributed by atoms with van der Waals surface area (Å²) in [6, 6.07) is 10.4. The van der Waals surface area contributed by atoms with Gasteiger partial charge in [0.25, 0.3) is 17.3 Å². The van der Waals surface area contributed by atoms with Gasteiger partial charge in [-0.15, -0.1) is 0 Å². The van der Waals surface area contributed by atoms with E-state index in [-0.39, 0.29) is 11.1 Å². The van der Waals surface area contributed by atoms with E-state index in [0.29, 0.717) is 0 Å². The van der Waals surface area contributed by atoms with Gasteiger partial charge in [0.05, 0.1) is 32.6 Å². The van der Waals surface area contributed by atoms with Crippen molar-refractivity contribution in [2.45, 2.75) is 26.3 Å². The summed E-state index contributed by atoms with van der Waals surface area (Å²) in [4.78, 5) is 50.9. The summed E-state index contributed by atoms with van der Waals surface area (Å²) in [6.07, 6.45) is 0. The average molecular weight is 387 g/mol. The minimum atomic E-state index is -1.03. The molecule has 1 amide bonds. The lowest BCUT2D eigenvalue weighted by molar-refractivity contribution is -0.394. The third-order valence-corrected chi connectivity index (χ3v) is 3.55. The molecule has 0 aromatic heterocycles. The Kier molecular flexibility index (Phi) is 5.73. The Labute approximate surface area is 159 Å². The first-order valence-electron chi connectivity index (χ1n) is 8.06. The van der Waals surface area contributed by atoms with E-state index in [4.69, 9.17) is 4.84 Å². The molecule has 2 rings (SSSR count). The first kappa shape index (κ1) is 20.5. The van der Waals surface area contributed by atoms with Crippen molar-refractivity contribution in [3.8, 4) is 0 Å². The fourth-order valence-corrected chi connectivity index (χ4v) is 2.24. The molecule has 2 aromatic rings.